The van der Waals surface area contributed by atoms with Gasteiger partial charge in [-0.2, -0.15) is 13.2 Å². The molecule has 50 heavy (non-hydrogen) atoms. The normalized spacial score (nSPS) is 26.9. The van der Waals surface area contributed by atoms with E-state index < -0.39 is 29.2 Å². The predicted octanol–water partition coefficient (Wildman–Crippen LogP) is 6.12. The second kappa shape index (κ2) is 15.1. The summed E-state index contributed by atoms with van der Waals surface area (Å²) in [6, 6.07) is 11.6. The molecule has 2 aromatic carbocycles. The maximum absolute atomic E-state index is 17.6. The van der Waals surface area contributed by atoms with Crippen LogP contribution in [0, 0.1) is 17.8 Å². The number of hydrogen-bond donors (Lipinski definition) is 0. The highest BCUT2D eigenvalue weighted by atomic mass is 19.4. The Morgan fingerprint density at radius 3 is 2.24 bits per heavy atom. The maximum Gasteiger partial charge on any atom is 0.416 e. The van der Waals surface area contributed by atoms with Gasteiger partial charge in [0.25, 0.3) is 5.91 Å². The molecule has 0 N–H and O–H groups in total. The van der Waals surface area contributed by atoms with E-state index in [4.69, 9.17) is 14.2 Å². The van der Waals surface area contributed by atoms with Crippen LogP contribution in [0.5, 0.6) is 5.75 Å². The molecule has 3 heterocycles. The first-order chi connectivity index (χ1) is 23.9. The van der Waals surface area contributed by atoms with Gasteiger partial charge in [0.15, 0.2) is 0 Å². The van der Waals surface area contributed by atoms with E-state index in [0.29, 0.717) is 55.9 Å². The van der Waals surface area contributed by atoms with Gasteiger partial charge in [0.1, 0.15) is 5.75 Å². The molecule has 6 rings (SSSR count). The molecule has 3 aliphatic heterocycles. The molecule has 4 atom stereocenters. The zero-order valence-electron chi connectivity index (χ0n) is 29.2. The minimum absolute atomic E-state index is 0.0358. The van der Waals surface area contributed by atoms with Crippen LogP contribution in [0.3, 0.4) is 0 Å². The Hall–Kier alpha value is -3.38. The number of esters is 1. The summed E-state index contributed by atoms with van der Waals surface area (Å²) in [5.41, 5.74) is -0.838. The van der Waals surface area contributed by atoms with Gasteiger partial charge in [-0.3, -0.25) is 14.5 Å². The van der Waals surface area contributed by atoms with E-state index in [9.17, 15) is 22.8 Å². The zero-order valence-corrected chi connectivity index (χ0v) is 29.2. The average molecular weight is 704 g/mol. The molecule has 0 spiro atoms. The number of hydrogen-bond acceptors (Lipinski definition) is 7. The van der Waals surface area contributed by atoms with Crippen LogP contribution in [0.4, 0.5) is 23.2 Å². The van der Waals surface area contributed by atoms with Gasteiger partial charge in [-0.05, 0) is 67.5 Å². The van der Waals surface area contributed by atoms with Gasteiger partial charge in [-0.1, -0.05) is 31.0 Å². The number of anilines is 1. The van der Waals surface area contributed by atoms with Crippen LogP contribution in [0.1, 0.15) is 61.1 Å². The summed E-state index contributed by atoms with van der Waals surface area (Å²) in [7, 11) is 4.49. The predicted molar refractivity (Wildman–Crippen MR) is 181 cm³/mol. The van der Waals surface area contributed by atoms with Crippen LogP contribution >= 0.6 is 0 Å². The van der Waals surface area contributed by atoms with Crippen molar-refractivity contribution in [2.75, 3.05) is 72.1 Å². The molecule has 3 saturated heterocycles. The number of likely N-dealkylation sites (tertiary alicyclic amines) is 2. The number of amides is 1. The SMILES string of the molecule is COC[C@H]1CN(C(=O)[C@]2(F)CN(C3CCCC3)C[C@H]2Cc2ccc(OC)cc2)C[C@@H]1c1ccc(C(F)(F)F)cc1N1CCC(C(=O)OC)CC1. The van der Waals surface area contributed by atoms with Crippen molar-refractivity contribution in [2.24, 2.45) is 17.8 Å². The summed E-state index contributed by atoms with van der Waals surface area (Å²) in [4.78, 5) is 32.4. The molecule has 12 heteroatoms. The van der Waals surface area contributed by atoms with Gasteiger partial charge in [-0.25, -0.2) is 4.39 Å². The second-order valence-electron chi connectivity index (χ2n) is 14.6. The molecular weight excluding hydrogens is 654 g/mol. The number of carbonyl (C=O) groups excluding carboxylic acids is 2. The summed E-state index contributed by atoms with van der Waals surface area (Å²) in [5.74, 6) is -1.64. The lowest BCUT2D eigenvalue weighted by Gasteiger charge is -2.35. The van der Waals surface area contributed by atoms with Crippen LogP contribution in [0.15, 0.2) is 42.5 Å². The first kappa shape index (κ1) is 36.4. The molecule has 1 amide bonds. The van der Waals surface area contributed by atoms with Gasteiger partial charge < -0.3 is 24.0 Å². The van der Waals surface area contributed by atoms with Crippen molar-refractivity contribution in [3.63, 3.8) is 0 Å². The lowest BCUT2D eigenvalue weighted by Crippen LogP contribution is -2.51. The van der Waals surface area contributed by atoms with Gasteiger partial charge in [0, 0.05) is 75.9 Å². The van der Waals surface area contributed by atoms with Crippen molar-refractivity contribution in [1.29, 1.82) is 0 Å². The van der Waals surface area contributed by atoms with E-state index in [1.807, 2.05) is 29.2 Å². The fraction of sp³-hybridized carbons (Fsp3) is 0.632. The number of carbonyl (C=O) groups is 2. The lowest BCUT2D eigenvalue weighted by atomic mass is 9.85. The van der Waals surface area contributed by atoms with Gasteiger partial charge in [0.2, 0.25) is 5.67 Å². The van der Waals surface area contributed by atoms with Gasteiger partial charge >= 0.3 is 12.1 Å². The molecule has 0 unspecified atom stereocenters. The standard InChI is InChI=1S/C38H49F4N3O5/c1-48-23-27-20-44(22-33(27)32-13-10-28(38(40,41)42)19-34(32)43-16-14-26(15-17-43)35(46)50-3)36(47)37(39)24-45(30-6-4-5-7-30)21-29(37)18-25-8-11-31(49-2)12-9-25/h8-13,19,26-27,29-30,33H,4-7,14-18,20-24H2,1-3H3/t27-,29-,33+,37+/m1/s1. The molecule has 1 aliphatic carbocycles. The van der Waals surface area contributed by atoms with Crippen molar-refractivity contribution < 1.29 is 41.4 Å². The average Bonchev–Trinajstić information content (AvgIpc) is 3.88. The first-order valence-corrected chi connectivity index (χ1v) is 17.8. The van der Waals surface area contributed by atoms with Crippen LogP contribution < -0.4 is 9.64 Å². The van der Waals surface area contributed by atoms with Crippen LogP contribution in [-0.2, 0) is 31.7 Å². The molecule has 274 valence electrons. The van der Waals surface area contributed by atoms with Crippen molar-refractivity contribution in [2.45, 2.75) is 68.8 Å². The van der Waals surface area contributed by atoms with Gasteiger partial charge in [0.05, 0.1) is 32.3 Å². The Balaban J connectivity index is 1.28. The number of nitrogens with zero attached hydrogens (tertiary/aromatic N) is 3. The quantitative estimate of drug-likeness (QED) is 0.218. The minimum atomic E-state index is -4.55. The number of alkyl halides is 4. The first-order valence-electron chi connectivity index (χ1n) is 17.8. The topological polar surface area (TPSA) is 71.6 Å². The Kier molecular flexibility index (Phi) is 11.0. The molecular formula is C38H49F4N3O5. The van der Waals surface area contributed by atoms with E-state index in [-0.39, 0.29) is 56.0 Å². The van der Waals surface area contributed by atoms with Crippen LogP contribution in [-0.4, -0.2) is 101 Å². The summed E-state index contributed by atoms with van der Waals surface area (Å²) >= 11 is 0. The van der Waals surface area contributed by atoms with Crippen molar-refractivity contribution in [3.8, 4) is 5.75 Å². The summed E-state index contributed by atoms with van der Waals surface area (Å²) in [6.45, 7) is 1.98. The third-order valence-electron chi connectivity index (χ3n) is 11.6. The Bertz CT molecular complexity index is 1490. The molecule has 0 radical (unpaired) electrons. The molecule has 8 nitrogen and oxygen atoms in total. The largest absolute Gasteiger partial charge is 0.497 e. The summed E-state index contributed by atoms with van der Waals surface area (Å²) in [5, 5.41) is 0. The molecule has 1 saturated carbocycles. The van der Waals surface area contributed by atoms with Crippen LogP contribution in [0.2, 0.25) is 0 Å². The smallest absolute Gasteiger partial charge is 0.416 e. The third-order valence-corrected chi connectivity index (χ3v) is 11.6. The Labute approximate surface area is 292 Å². The fourth-order valence-corrected chi connectivity index (χ4v) is 8.84. The highest BCUT2D eigenvalue weighted by Gasteiger charge is 2.57. The number of rotatable bonds is 10. The van der Waals surface area contributed by atoms with E-state index >= 15 is 4.39 Å². The molecule has 0 bridgehead atoms. The van der Waals surface area contributed by atoms with E-state index in [1.54, 1.807) is 19.1 Å². The van der Waals surface area contributed by atoms with Crippen molar-refractivity contribution in [1.82, 2.24) is 9.80 Å². The van der Waals surface area contributed by atoms with Crippen molar-refractivity contribution in [3.05, 3.63) is 59.2 Å². The monoisotopic (exact) mass is 703 g/mol. The van der Waals surface area contributed by atoms with E-state index in [2.05, 4.69) is 4.90 Å². The number of methoxy groups -OCH3 is 3. The van der Waals surface area contributed by atoms with Crippen LogP contribution in [0.25, 0.3) is 0 Å². The highest BCUT2D eigenvalue weighted by Crippen LogP contribution is 2.45. The zero-order chi connectivity index (χ0) is 35.6. The lowest BCUT2D eigenvalue weighted by molar-refractivity contribution is -0.146. The second-order valence-corrected chi connectivity index (χ2v) is 14.6. The minimum Gasteiger partial charge on any atom is -0.497 e. The molecule has 4 aliphatic rings. The number of ether oxygens (including phenoxy) is 3. The number of piperidine rings is 1. The highest BCUT2D eigenvalue weighted by molar-refractivity contribution is 5.87. The fourth-order valence-electron chi connectivity index (χ4n) is 8.84. The number of halogens is 4. The molecule has 0 aromatic heterocycles. The van der Waals surface area contributed by atoms with E-state index in [1.165, 1.54) is 19.2 Å². The number of benzene rings is 2. The summed E-state index contributed by atoms with van der Waals surface area (Å²) in [6.07, 6.45) is 0.948. The van der Waals surface area contributed by atoms with E-state index in [0.717, 1.165) is 37.3 Å². The molecule has 4 fully saturated rings. The Morgan fingerprint density at radius 1 is 0.920 bits per heavy atom. The summed E-state index contributed by atoms with van der Waals surface area (Å²) < 4.78 is 75.4. The van der Waals surface area contributed by atoms with Crippen molar-refractivity contribution >= 4 is 17.6 Å². The molecule has 2 aromatic rings. The maximum atomic E-state index is 17.6. The Morgan fingerprint density at radius 2 is 1.62 bits per heavy atom. The third kappa shape index (κ3) is 7.47. The van der Waals surface area contributed by atoms with Gasteiger partial charge in [-0.15, -0.1) is 0 Å².